The number of nitro groups is 1. The molecule has 0 aliphatic carbocycles. The number of aromatic nitrogens is 1. The van der Waals surface area contributed by atoms with E-state index in [2.05, 4.69) is 0 Å². The van der Waals surface area contributed by atoms with Gasteiger partial charge in [0.05, 0.1) is 22.4 Å². The summed E-state index contributed by atoms with van der Waals surface area (Å²) in [7, 11) is 0. The first-order valence-corrected chi connectivity index (χ1v) is 3.98. The SMILES string of the molecule is Cc1c([N+](=O)[O-])cn2c1C(=O)CC2. The highest BCUT2D eigenvalue weighted by molar-refractivity contribution is 5.98. The van der Waals surface area contributed by atoms with E-state index in [4.69, 9.17) is 0 Å². The van der Waals surface area contributed by atoms with Crippen molar-refractivity contribution in [2.45, 2.75) is 19.9 Å². The minimum absolute atomic E-state index is 0.00519. The second-order valence-corrected chi connectivity index (χ2v) is 3.11. The second-order valence-electron chi connectivity index (χ2n) is 3.11. The number of Topliss-reactive ketones (excluding diaryl/α,β-unsaturated/α-hetero) is 1. The van der Waals surface area contributed by atoms with Crippen LogP contribution in [0.2, 0.25) is 0 Å². The zero-order chi connectivity index (χ0) is 9.59. The van der Waals surface area contributed by atoms with Gasteiger partial charge < -0.3 is 4.57 Å². The molecule has 0 unspecified atom stereocenters. The summed E-state index contributed by atoms with van der Waals surface area (Å²) in [6.07, 6.45) is 1.91. The topological polar surface area (TPSA) is 65.1 Å². The molecular weight excluding hydrogens is 172 g/mol. The second kappa shape index (κ2) is 2.42. The van der Waals surface area contributed by atoms with Crippen molar-refractivity contribution in [2.75, 3.05) is 0 Å². The molecule has 0 aromatic carbocycles. The van der Waals surface area contributed by atoms with Crippen molar-refractivity contribution in [2.24, 2.45) is 0 Å². The first-order chi connectivity index (χ1) is 6.11. The maximum atomic E-state index is 11.3. The number of ketones is 1. The molecule has 0 amide bonds. The molecule has 1 aliphatic heterocycles. The van der Waals surface area contributed by atoms with E-state index < -0.39 is 4.92 Å². The van der Waals surface area contributed by atoms with Crippen LogP contribution in [0.1, 0.15) is 22.5 Å². The maximum absolute atomic E-state index is 11.3. The van der Waals surface area contributed by atoms with Crippen LogP contribution in [0.25, 0.3) is 0 Å². The molecule has 5 nitrogen and oxygen atoms in total. The minimum Gasteiger partial charge on any atom is -0.338 e. The van der Waals surface area contributed by atoms with E-state index in [0.717, 1.165) is 0 Å². The lowest BCUT2D eigenvalue weighted by Crippen LogP contribution is -1.95. The molecule has 0 saturated carbocycles. The van der Waals surface area contributed by atoms with Crippen molar-refractivity contribution in [3.8, 4) is 0 Å². The zero-order valence-electron chi connectivity index (χ0n) is 7.11. The molecule has 2 heterocycles. The van der Waals surface area contributed by atoms with Crippen LogP contribution in [0.4, 0.5) is 5.69 Å². The predicted molar refractivity (Wildman–Crippen MR) is 44.8 cm³/mol. The predicted octanol–water partition coefficient (Wildman–Crippen LogP) is 1.29. The summed E-state index contributed by atoms with van der Waals surface area (Å²) in [6.45, 7) is 2.19. The average Bonchev–Trinajstić information content (AvgIpc) is 2.55. The first kappa shape index (κ1) is 7.97. The molecule has 1 aromatic heterocycles. The van der Waals surface area contributed by atoms with Gasteiger partial charge in [0.15, 0.2) is 5.78 Å². The van der Waals surface area contributed by atoms with E-state index in [9.17, 15) is 14.9 Å². The molecule has 0 saturated heterocycles. The van der Waals surface area contributed by atoms with Crippen molar-refractivity contribution in [3.05, 3.63) is 27.6 Å². The van der Waals surface area contributed by atoms with E-state index in [0.29, 0.717) is 24.2 Å². The Morgan fingerprint density at radius 3 is 2.85 bits per heavy atom. The molecule has 0 N–H and O–H groups in total. The lowest BCUT2D eigenvalue weighted by atomic mass is 10.2. The highest BCUT2D eigenvalue weighted by Gasteiger charge is 2.28. The van der Waals surface area contributed by atoms with Gasteiger partial charge in [0.1, 0.15) is 0 Å². The third-order valence-electron chi connectivity index (χ3n) is 2.35. The van der Waals surface area contributed by atoms with Gasteiger partial charge in [-0.05, 0) is 6.92 Å². The monoisotopic (exact) mass is 180 g/mol. The zero-order valence-corrected chi connectivity index (χ0v) is 7.11. The van der Waals surface area contributed by atoms with E-state index in [1.165, 1.54) is 6.20 Å². The third kappa shape index (κ3) is 0.965. The molecule has 0 radical (unpaired) electrons. The Morgan fingerprint density at radius 2 is 2.31 bits per heavy atom. The van der Waals surface area contributed by atoms with Crippen molar-refractivity contribution >= 4 is 11.5 Å². The van der Waals surface area contributed by atoms with Gasteiger partial charge in [-0.2, -0.15) is 0 Å². The molecule has 0 bridgehead atoms. The van der Waals surface area contributed by atoms with Gasteiger partial charge in [-0.15, -0.1) is 0 Å². The molecular formula is C8H8N2O3. The summed E-state index contributed by atoms with van der Waals surface area (Å²) < 4.78 is 1.66. The Morgan fingerprint density at radius 1 is 1.62 bits per heavy atom. The van der Waals surface area contributed by atoms with E-state index in [1.807, 2.05) is 0 Å². The number of aryl methyl sites for hydroxylation is 1. The molecule has 13 heavy (non-hydrogen) atoms. The number of hydrogen-bond acceptors (Lipinski definition) is 3. The van der Waals surface area contributed by atoms with Crippen LogP contribution in [0, 0.1) is 17.0 Å². The average molecular weight is 180 g/mol. The van der Waals surface area contributed by atoms with Crippen LogP contribution in [0.3, 0.4) is 0 Å². The van der Waals surface area contributed by atoms with Crippen molar-refractivity contribution < 1.29 is 9.72 Å². The summed E-state index contributed by atoms with van der Waals surface area (Å²) in [4.78, 5) is 21.3. The lowest BCUT2D eigenvalue weighted by Gasteiger charge is -1.90. The number of nitrogens with zero attached hydrogens (tertiary/aromatic N) is 2. The summed E-state index contributed by atoms with van der Waals surface area (Å²) in [6, 6.07) is 0. The largest absolute Gasteiger partial charge is 0.338 e. The highest BCUT2D eigenvalue weighted by atomic mass is 16.6. The van der Waals surface area contributed by atoms with Gasteiger partial charge >= 0.3 is 0 Å². The molecule has 0 spiro atoms. The fourth-order valence-electron chi connectivity index (χ4n) is 1.72. The van der Waals surface area contributed by atoms with Gasteiger partial charge in [-0.3, -0.25) is 14.9 Å². The number of rotatable bonds is 1. The van der Waals surface area contributed by atoms with Crippen LogP contribution < -0.4 is 0 Å². The lowest BCUT2D eigenvalue weighted by molar-refractivity contribution is -0.385. The highest BCUT2D eigenvalue weighted by Crippen LogP contribution is 2.28. The van der Waals surface area contributed by atoms with E-state index in [1.54, 1.807) is 11.5 Å². The molecule has 0 atom stereocenters. The number of carbonyl (C=O) groups is 1. The summed E-state index contributed by atoms with van der Waals surface area (Å²) in [5.41, 5.74) is 1.04. The molecule has 0 fully saturated rings. The molecule has 2 rings (SSSR count). The quantitative estimate of drug-likeness (QED) is 0.483. The smallest absolute Gasteiger partial charge is 0.290 e. The fourth-order valence-corrected chi connectivity index (χ4v) is 1.72. The number of carbonyl (C=O) groups excluding carboxylic acids is 1. The van der Waals surface area contributed by atoms with Crippen LogP contribution >= 0.6 is 0 Å². The molecule has 1 aliphatic rings. The Bertz CT molecular complexity index is 406. The van der Waals surface area contributed by atoms with E-state index in [-0.39, 0.29) is 11.5 Å². The molecule has 68 valence electrons. The fraction of sp³-hybridized carbons (Fsp3) is 0.375. The first-order valence-electron chi connectivity index (χ1n) is 3.98. The van der Waals surface area contributed by atoms with Crippen LogP contribution in [-0.4, -0.2) is 15.3 Å². The van der Waals surface area contributed by atoms with Gasteiger partial charge in [-0.1, -0.05) is 0 Å². The van der Waals surface area contributed by atoms with Gasteiger partial charge in [0, 0.05) is 13.0 Å². The Labute approximate surface area is 74.1 Å². The Balaban J connectivity index is 2.62. The van der Waals surface area contributed by atoms with E-state index >= 15 is 0 Å². The van der Waals surface area contributed by atoms with Crippen LogP contribution in [0.5, 0.6) is 0 Å². The molecule has 1 aromatic rings. The maximum Gasteiger partial charge on any atom is 0.290 e. The third-order valence-corrected chi connectivity index (χ3v) is 2.35. The Hall–Kier alpha value is -1.65. The van der Waals surface area contributed by atoms with Gasteiger partial charge in [-0.25, -0.2) is 0 Å². The van der Waals surface area contributed by atoms with Gasteiger partial charge in [0.25, 0.3) is 5.69 Å². The summed E-state index contributed by atoms with van der Waals surface area (Å²) in [5, 5.41) is 10.5. The minimum atomic E-state index is -0.450. The van der Waals surface area contributed by atoms with Crippen molar-refractivity contribution in [3.63, 3.8) is 0 Å². The number of hydrogen-bond donors (Lipinski definition) is 0. The van der Waals surface area contributed by atoms with Crippen molar-refractivity contribution in [1.29, 1.82) is 0 Å². The summed E-state index contributed by atoms with van der Waals surface area (Å²) >= 11 is 0. The molecule has 5 heteroatoms. The summed E-state index contributed by atoms with van der Waals surface area (Å²) in [5.74, 6) is 0.00519. The Kier molecular flexibility index (Phi) is 1.48. The normalized spacial score (nSPS) is 14.7. The van der Waals surface area contributed by atoms with Crippen molar-refractivity contribution in [1.82, 2.24) is 4.57 Å². The van der Waals surface area contributed by atoms with Crippen LogP contribution in [0.15, 0.2) is 6.20 Å². The standard InChI is InChI=1S/C8H8N2O3/c1-5-6(10(12)13)4-9-3-2-7(11)8(5)9/h4H,2-3H2,1H3. The van der Waals surface area contributed by atoms with Gasteiger partial charge in [0.2, 0.25) is 0 Å². The number of fused-ring (bicyclic) bond motifs is 1. The van der Waals surface area contributed by atoms with Crippen LogP contribution in [-0.2, 0) is 6.54 Å².